The fourth-order valence-corrected chi connectivity index (χ4v) is 3.61. The number of carbonyl (C=O) groups excluding carboxylic acids is 2. The maximum absolute atomic E-state index is 13.2. The predicted octanol–water partition coefficient (Wildman–Crippen LogP) is 2.19. The number of hydrogen-bond donors (Lipinski definition) is 0. The lowest BCUT2D eigenvalue weighted by atomic mass is 9.98. The van der Waals surface area contributed by atoms with Crippen molar-refractivity contribution in [3.8, 4) is 0 Å². The highest BCUT2D eigenvalue weighted by Crippen LogP contribution is 2.35. The number of thioether (sulfide) groups is 1. The highest BCUT2D eigenvalue weighted by atomic mass is 32.2. The molecule has 2 atom stereocenters. The minimum atomic E-state index is -1.33. The number of carbonyl (C=O) groups is 2. The van der Waals surface area contributed by atoms with E-state index >= 15 is 0 Å². The Bertz CT molecular complexity index is 690. The molecule has 122 valence electrons. The third-order valence-electron chi connectivity index (χ3n) is 3.67. The van der Waals surface area contributed by atoms with E-state index in [1.54, 1.807) is 13.0 Å². The lowest BCUT2D eigenvalue weighted by Gasteiger charge is -2.32. The van der Waals surface area contributed by atoms with E-state index in [1.807, 2.05) is 6.92 Å². The Balaban J connectivity index is 2.34. The van der Waals surface area contributed by atoms with E-state index in [9.17, 15) is 19.1 Å². The maximum atomic E-state index is 13.2. The Morgan fingerprint density at radius 3 is 2.78 bits per heavy atom. The summed E-state index contributed by atoms with van der Waals surface area (Å²) in [5.41, 5.74) is 0.513. The van der Waals surface area contributed by atoms with Gasteiger partial charge in [-0.3, -0.25) is 9.69 Å². The molecule has 2 rings (SSSR count). The summed E-state index contributed by atoms with van der Waals surface area (Å²) in [6, 6.07) is 4.67. The van der Waals surface area contributed by atoms with Gasteiger partial charge in [0.15, 0.2) is 0 Å². The van der Waals surface area contributed by atoms with Gasteiger partial charge < -0.3 is 9.90 Å². The monoisotopic (exact) mass is 352 g/mol. The molecule has 0 aromatic heterocycles. The molecular formula is C16H15FNO3S2-. The number of rotatable bonds is 5. The molecule has 1 fully saturated rings. The van der Waals surface area contributed by atoms with E-state index in [0.29, 0.717) is 12.0 Å². The predicted molar refractivity (Wildman–Crippen MR) is 89.7 cm³/mol. The van der Waals surface area contributed by atoms with Crippen molar-refractivity contribution in [1.29, 1.82) is 0 Å². The first-order chi connectivity index (χ1) is 10.8. The zero-order chi connectivity index (χ0) is 17.1. The van der Waals surface area contributed by atoms with E-state index in [-0.39, 0.29) is 15.1 Å². The normalized spacial score (nSPS) is 19.3. The molecule has 0 unspecified atom stereocenters. The summed E-state index contributed by atoms with van der Waals surface area (Å²) < 4.78 is 13.4. The largest absolute Gasteiger partial charge is 0.548 e. The summed E-state index contributed by atoms with van der Waals surface area (Å²) in [5.74, 6) is -2.53. The van der Waals surface area contributed by atoms with Gasteiger partial charge in [-0.05, 0) is 29.7 Å². The zero-order valence-electron chi connectivity index (χ0n) is 12.6. The van der Waals surface area contributed by atoms with Gasteiger partial charge in [0, 0.05) is 0 Å². The standard InChI is InChI=1S/C16H16FNO3S2/c1-3-9(2)13(15(20)21)18-14(19)12(23-16(18)22)8-10-5-4-6-11(17)7-10/h4-9,13H,3H2,1-2H3,(H,20,21)/p-1/b12-8-/t9-,13+/m1/s1. The molecule has 1 aliphatic heterocycles. The second kappa shape index (κ2) is 7.23. The number of carboxylic acid groups (broad SMARTS) is 1. The van der Waals surface area contributed by atoms with Crippen LogP contribution in [0.4, 0.5) is 4.39 Å². The second-order valence-electron chi connectivity index (χ2n) is 5.26. The first-order valence-electron chi connectivity index (χ1n) is 7.08. The molecule has 1 aromatic rings. The van der Waals surface area contributed by atoms with Crippen LogP contribution >= 0.6 is 24.0 Å². The summed E-state index contributed by atoms with van der Waals surface area (Å²) >= 11 is 6.17. The molecular weight excluding hydrogens is 337 g/mol. The summed E-state index contributed by atoms with van der Waals surface area (Å²) in [5, 5.41) is 11.4. The van der Waals surface area contributed by atoms with Crippen LogP contribution < -0.4 is 5.11 Å². The Morgan fingerprint density at radius 2 is 2.22 bits per heavy atom. The lowest BCUT2D eigenvalue weighted by molar-refractivity contribution is -0.311. The third-order valence-corrected chi connectivity index (χ3v) is 5.00. The van der Waals surface area contributed by atoms with E-state index in [0.717, 1.165) is 16.7 Å². The Hall–Kier alpha value is -1.73. The van der Waals surface area contributed by atoms with Gasteiger partial charge in [0.25, 0.3) is 5.91 Å². The SMILES string of the molecule is CC[C@@H](C)[C@@H](C(=O)[O-])N1C(=O)/C(=C/c2cccc(F)c2)SC1=S. The fraction of sp³-hybridized carbons (Fsp3) is 0.312. The van der Waals surface area contributed by atoms with Crippen molar-refractivity contribution in [1.82, 2.24) is 4.90 Å². The molecule has 1 heterocycles. The van der Waals surface area contributed by atoms with Crippen LogP contribution in [-0.2, 0) is 9.59 Å². The Labute approximate surface area is 143 Å². The van der Waals surface area contributed by atoms with Gasteiger partial charge in [0.2, 0.25) is 0 Å². The fourth-order valence-electron chi connectivity index (χ4n) is 2.28. The maximum Gasteiger partial charge on any atom is 0.266 e. The second-order valence-corrected chi connectivity index (χ2v) is 6.93. The number of aliphatic carboxylic acids is 1. The van der Waals surface area contributed by atoms with Crippen molar-refractivity contribution in [2.24, 2.45) is 5.92 Å². The number of carboxylic acids is 1. The molecule has 7 heteroatoms. The molecule has 0 spiro atoms. The van der Waals surface area contributed by atoms with Crippen molar-refractivity contribution in [2.75, 3.05) is 0 Å². The van der Waals surface area contributed by atoms with Crippen LogP contribution in [0.25, 0.3) is 6.08 Å². The van der Waals surface area contributed by atoms with Crippen molar-refractivity contribution in [2.45, 2.75) is 26.3 Å². The molecule has 1 aromatic carbocycles. The van der Waals surface area contributed by atoms with Crippen molar-refractivity contribution in [3.05, 3.63) is 40.6 Å². The number of benzene rings is 1. The average Bonchev–Trinajstić information content (AvgIpc) is 2.75. The molecule has 0 radical (unpaired) electrons. The quantitative estimate of drug-likeness (QED) is 0.600. The van der Waals surface area contributed by atoms with Crippen LogP contribution in [0.2, 0.25) is 0 Å². The van der Waals surface area contributed by atoms with Crippen molar-refractivity contribution >= 4 is 46.3 Å². The Morgan fingerprint density at radius 1 is 1.52 bits per heavy atom. The van der Waals surface area contributed by atoms with Crippen LogP contribution in [0, 0.1) is 11.7 Å². The number of thiocarbonyl (C=S) groups is 1. The van der Waals surface area contributed by atoms with Crippen LogP contribution in [0.5, 0.6) is 0 Å². The number of halogens is 1. The van der Waals surface area contributed by atoms with E-state index < -0.39 is 23.7 Å². The molecule has 0 saturated carbocycles. The number of amides is 1. The van der Waals surface area contributed by atoms with Gasteiger partial charge in [-0.25, -0.2) is 4.39 Å². The van der Waals surface area contributed by atoms with E-state index in [4.69, 9.17) is 12.2 Å². The summed E-state index contributed by atoms with van der Waals surface area (Å²) in [4.78, 5) is 25.3. The van der Waals surface area contributed by atoms with Crippen molar-refractivity contribution in [3.63, 3.8) is 0 Å². The molecule has 23 heavy (non-hydrogen) atoms. The third kappa shape index (κ3) is 3.79. The first-order valence-corrected chi connectivity index (χ1v) is 8.31. The Kier molecular flexibility index (Phi) is 5.54. The minimum Gasteiger partial charge on any atom is -0.548 e. The topological polar surface area (TPSA) is 60.4 Å². The summed E-state index contributed by atoms with van der Waals surface area (Å²) in [6.07, 6.45) is 2.07. The molecule has 0 N–H and O–H groups in total. The number of nitrogens with zero attached hydrogens (tertiary/aromatic N) is 1. The zero-order valence-corrected chi connectivity index (χ0v) is 14.2. The van der Waals surface area contributed by atoms with E-state index in [1.165, 1.54) is 24.3 Å². The first kappa shape index (κ1) is 17.6. The van der Waals surface area contributed by atoms with Gasteiger partial charge in [-0.15, -0.1) is 0 Å². The van der Waals surface area contributed by atoms with Gasteiger partial charge in [0.05, 0.1) is 16.9 Å². The van der Waals surface area contributed by atoms with Gasteiger partial charge >= 0.3 is 0 Å². The molecule has 4 nitrogen and oxygen atoms in total. The highest BCUT2D eigenvalue weighted by Gasteiger charge is 2.39. The molecule has 0 bridgehead atoms. The van der Waals surface area contributed by atoms with Crippen molar-refractivity contribution < 1.29 is 19.1 Å². The van der Waals surface area contributed by atoms with Crippen LogP contribution in [0.3, 0.4) is 0 Å². The van der Waals surface area contributed by atoms with Crippen LogP contribution in [0.15, 0.2) is 29.2 Å². The number of hydrogen-bond acceptors (Lipinski definition) is 5. The molecule has 0 aliphatic carbocycles. The van der Waals surface area contributed by atoms with E-state index in [2.05, 4.69) is 0 Å². The highest BCUT2D eigenvalue weighted by molar-refractivity contribution is 8.26. The summed E-state index contributed by atoms with van der Waals surface area (Å²) in [7, 11) is 0. The smallest absolute Gasteiger partial charge is 0.266 e. The minimum absolute atomic E-state index is 0.173. The molecule has 1 saturated heterocycles. The average molecular weight is 352 g/mol. The van der Waals surface area contributed by atoms with Crippen LogP contribution in [-0.4, -0.2) is 27.1 Å². The molecule has 1 amide bonds. The van der Waals surface area contributed by atoms with Crippen LogP contribution in [0.1, 0.15) is 25.8 Å². The van der Waals surface area contributed by atoms with Gasteiger partial charge in [-0.1, -0.05) is 56.4 Å². The lowest BCUT2D eigenvalue weighted by Crippen LogP contribution is -2.53. The van der Waals surface area contributed by atoms with Gasteiger partial charge in [-0.2, -0.15) is 0 Å². The summed E-state index contributed by atoms with van der Waals surface area (Å²) in [6.45, 7) is 3.57. The van der Waals surface area contributed by atoms with Gasteiger partial charge in [0.1, 0.15) is 10.1 Å². The molecule has 1 aliphatic rings.